The Labute approximate surface area is 171 Å². The van der Waals surface area contributed by atoms with E-state index >= 15 is 0 Å². The van der Waals surface area contributed by atoms with Gasteiger partial charge < -0.3 is 10.6 Å². The van der Waals surface area contributed by atoms with E-state index in [4.69, 9.17) is 0 Å². The maximum absolute atomic E-state index is 13.1. The highest BCUT2D eigenvalue weighted by molar-refractivity contribution is 5.94. The van der Waals surface area contributed by atoms with Crippen molar-refractivity contribution in [2.45, 2.75) is 26.2 Å². The van der Waals surface area contributed by atoms with Gasteiger partial charge in [0, 0.05) is 24.2 Å². The number of aryl methyl sites for hydroxylation is 1. The first-order chi connectivity index (χ1) is 14.4. The van der Waals surface area contributed by atoms with Gasteiger partial charge in [0.15, 0.2) is 5.65 Å². The van der Waals surface area contributed by atoms with Crippen LogP contribution in [-0.2, 0) is 12.4 Å². The Morgan fingerprint density at radius 2 is 1.58 bits per heavy atom. The molecule has 2 N–H and O–H groups in total. The van der Waals surface area contributed by atoms with E-state index in [9.17, 15) is 31.1 Å². The molecule has 31 heavy (non-hydrogen) atoms. The van der Waals surface area contributed by atoms with Crippen LogP contribution >= 0.6 is 0 Å². The van der Waals surface area contributed by atoms with Gasteiger partial charge in [0.1, 0.15) is 5.82 Å². The summed E-state index contributed by atoms with van der Waals surface area (Å²) in [6.45, 7) is 3.38. The van der Waals surface area contributed by atoms with Gasteiger partial charge in [-0.25, -0.2) is 0 Å². The van der Waals surface area contributed by atoms with E-state index in [0.717, 1.165) is 24.3 Å². The lowest BCUT2D eigenvalue weighted by atomic mass is 10.1. The second-order valence-electron chi connectivity index (χ2n) is 6.61. The summed E-state index contributed by atoms with van der Waals surface area (Å²) in [7, 11) is 0. The fourth-order valence-electron chi connectivity index (χ4n) is 2.74. The molecule has 0 aliphatic rings. The average Bonchev–Trinajstić information content (AvgIpc) is 3.12. The third-order valence-electron chi connectivity index (χ3n) is 4.52. The van der Waals surface area contributed by atoms with Crippen LogP contribution in [0.1, 0.15) is 32.9 Å². The highest BCUT2D eigenvalue weighted by Gasteiger charge is 2.38. The largest absolute Gasteiger partial charge is 0.453 e. The molecular weight excluding hydrogens is 430 g/mol. The molecule has 0 atom stereocenters. The smallest absolute Gasteiger partial charge is 0.367 e. The number of benzene rings is 1. The first kappa shape index (κ1) is 22.3. The summed E-state index contributed by atoms with van der Waals surface area (Å²) in [6, 6.07) is 3.71. The Bertz CT molecular complexity index is 1100. The van der Waals surface area contributed by atoms with E-state index in [-0.39, 0.29) is 30.1 Å². The van der Waals surface area contributed by atoms with Crippen LogP contribution in [0.4, 0.5) is 32.2 Å². The number of carbonyl (C=O) groups excluding carboxylic acids is 1. The van der Waals surface area contributed by atoms with E-state index < -0.39 is 29.6 Å². The van der Waals surface area contributed by atoms with Crippen molar-refractivity contribution >= 4 is 17.4 Å². The highest BCUT2D eigenvalue weighted by Crippen LogP contribution is 2.30. The number of fused-ring (bicyclic) bond motifs is 1. The van der Waals surface area contributed by atoms with Crippen LogP contribution in [0.2, 0.25) is 0 Å². The first-order valence-electron chi connectivity index (χ1n) is 8.88. The highest BCUT2D eigenvalue weighted by atomic mass is 19.4. The lowest BCUT2D eigenvalue weighted by molar-refractivity contribution is -0.146. The molecule has 13 heteroatoms. The number of hydrogen-bond donors (Lipinski definition) is 2. The summed E-state index contributed by atoms with van der Waals surface area (Å²) in [5, 5.41) is 15.9. The van der Waals surface area contributed by atoms with E-state index in [0.29, 0.717) is 15.6 Å². The van der Waals surface area contributed by atoms with Crippen molar-refractivity contribution in [2.75, 3.05) is 18.4 Å². The van der Waals surface area contributed by atoms with Crippen LogP contribution in [0.25, 0.3) is 5.65 Å². The van der Waals surface area contributed by atoms with Gasteiger partial charge in [-0.3, -0.25) is 4.79 Å². The van der Waals surface area contributed by atoms with Crippen molar-refractivity contribution < 1.29 is 31.1 Å². The topological polar surface area (TPSA) is 84.2 Å². The van der Waals surface area contributed by atoms with Gasteiger partial charge in [-0.1, -0.05) is 0 Å². The Morgan fingerprint density at radius 1 is 0.935 bits per heavy atom. The van der Waals surface area contributed by atoms with E-state index in [1.54, 1.807) is 13.8 Å². The van der Waals surface area contributed by atoms with E-state index in [1.165, 1.54) is 0 Å². The third kappa shape index (κ3) is 4.70. The normalized spacial score (nSPS) is 12.3. The Hall–Kier alpha value is -3.38. The molecule has 0 aliphatic heterocycles. The third-order valence-corrected chi connectivity index (χ3v) is 4.52. The minimum Gasteiger partial charge on any atom is -0.367 e. The summed E-state index contributed by atoms with van der Waals surface area (Å²) < 4.78 is 77.5. The molecule has 7 nitrogen and oxygen atoms in total. The molecule has 2 heterocycles. The van der Waals surface area contributed by atoms with Crippen LogP contribution in [0.15, 0.2) is 24.3 Å². The Morgan fingerprint density at radius 3 is 2.16 bits per heavy atom. The van der Waals surface area contributed by atoms with Gasteiger partial charge in [0.2, 0.25) is 0 Å². The van der Waals surface area contributed by atoms with E-state index in [1.807, 2.05) is 0 Å². The summed E-state index contributed by atoms with van der Waals surface area (Å²) >= 11 is 0. The van der Waals surface area contributed by atoms with Gasteiger partial charge in [-0.15, -0.1) is 15.3 Å². The quantitative estimate of drug-likeness (QED) is 0.462. The minimum absolute atomic E-state index is 0.0222. The zero-order valence-corrected chi connectivity index (χ0v) is 16.2. The van der Waals surface area contributed by atoms with Gasteiger partial charge in [0.05, 0.1) is 5.56 Å². The Balaban J connectivity index is 1.65. The van der Waals surface area contributed by atoms with Crippen molar-refractivity contribution in [3.8, 4) is 0 Å². The lowest BCUT2D eigenvalue weighted by Gasteiger charge is -2.13. The number of nitrogens with zero attached hydrogens (tertiary/aromatic N) is 4. The molecule has 2 aromatic heterocycles. The average molecular weight is 446 g/mol. The molecule has 0 radical (unpaired) electrons. The number of halogens is 6. The maximum Gasteiger partial charge on any atom is 0.453 e. The van der Waals surface area contributed by atoms with Crippen LogP contribution in [0.5, 0.6) is 0 Å². The molecule has 166 valence electrons. The second kappa shape index (κ2) is 8.04. The van der Waals surface area contributed by atoms with Crippen molar-refractivity contribution in [1.82, 2.24) is 25.1 Å². The maximum atomic E-state index is 13.1. The number of carbonyl (C=O) groups is 1. The van der Waals surface area contributed by atoms with Crippen LogP contribution in [0, 0.1) is 13.8 Å². The molecule has 0 spiro atoms. The second-order valence-corrected chi connectivity index (χ2v) is 6.61. The van der Waals surface area contributed by atoms with Crippen molar-refractivity contribution in [1.29, 1.82) is 0 Å². The molecule has 0 saturated heterocycles. The zero-order chi connectivity index (χ0) is 23.0. The summed E-state index contributed by atoms with van der Waals surface area (Å²) in [5.41, 5.74) is 0.159. The van der Waals surface area contributed by atoms with Gasteiger partial charge >= 0.3 is 12.4 Å². The fraction of sp³-hybridized carbons (Fsp3) is 0.333. The van der Waals surface area contributed by atoms with Gasteiger partial charge in [0.25, 0.3) is 11.7 Å². The molecule has 0 saturated carbocycles. The monoisotopic (exact) mass is 446 g/mol. The van der Waals surface area contributed by atoms with Crippen molar-refractivity contribution in [2.24, 2.45) is 0 Å². The standard InChI is InChI=1S/C18H16F6N6O/c1-9-10(2)14-27-28-16(18(22,23)24)30(14)29-13(9)25-7-8-26-15(31)11-3-5-12(6-4-11)17(19,20)21/h3-6H,7-8H2,1-2H3,(H,25,29)(H,26,31). The molecule has 0 unspecified atom stereocenters. The number of rotatable bonds is 5. The van der Waals surface area contributed by atoms with E-state index in [2.05, 4.69) is 25.9 Å². The summed E-state index contributed by atoms with van der Waals surface area (Å²) in [5.74, 6) is -1.70. The SMILES string of the molecule is Cc1c(NCCNC(=O)c2ccc(C(F)(F)F)cc2)nn2c(C(F)(F)F)nnc2c1C. The number of amides is 1. The number of aromatic nitrogens is 4. The zero-order valence-electron chi connectivity index (χ0n) is 16.2. The van der Waals surface area contributed by atoms with Crippen molar-refractivity contribution in [3.05, 3.63) is 52.3 Å². The van der Waals surface area contributed by atoms with Crippen LogP contribution in [0.3, 0.4) is 0 Å². The first-order valence-corrected chi connectivity index (χ1v) is 8.88. The molecule has 1 aromatic carbocycles. The number of nitrogens with one attached hydrogen (secondary N) is 2. The van der Waals surface area contributed by atoms with Gasteiger partial charge in [-0.2, -0.15) is 30.9 Å². The van der Waals surface area contributed by atoms with Crippen molar-refractivity contribution in [3.63, 3.8) is 0 Å². The van der Waals surface area contributed by atoms with Crippen LogP contribution < -0.4 is 10.6 Å². The lowest BCUT2D eigenvalue weighted by Crippen LogP contribution is -2.29. The van der Waals surface area contributed by atoms with Gasteiger partial charge in [-0.05, 0) is 43.7 Å². The fourth-order valence-corrected chi connectivity index (χ4v) is 2.74. The van der Waals surface area contributed by atoms with Crippen LogP contribution in [-0.4, -0.2) is 38.8 Å². The molecule has 0 bridgehead atoms. The predicted octanol–water partition coefficient (Wildman–Crippen LogP) is 3.62. The molecule has 3 aromatic rings. The molecular formula is C18H16F6N6O. The summed E-state index contributed by atoms with van der Waals surface area (Å²) in [4.78, 5) is 12.1. The number of alkyl halides is 6. The molecule has 3 rings (SSSR count). The summed E-state index contributed by atoms with van der Waals surface area (Å²) in [6.07, 6.45) is -9.24. The number of hydrogen-bond acceptors (Lipinski definition) is 5. The number of anilines is 1. The molecule has 0 aliphatic carbocycles. The predicted molar refractivity (Wildman–Crippen MR) is 97.5 cm³/mol. The Kier molecular flexibility index (Phi) is 5.79. The minimum atomic E-state index is -4.74. The molecule has 1 amide bonds. The molecule has 0 fully saturated rings.